The van der Waals surface area contributed by atoms with E-state index in [9.17, 15) is 23.3 Å². The Labute approximate surface area is 172 Å². The Hall–Kier alpha value is -2.20. The van der Waals surface area contributed by atoms with Crippen LogP contribution in [-0.4, -0.2) is 36.6 Å². The number of anilines is 1. The molecule has 0 aliphatic heterocycles. The molecule has 0 fully saturated rings. The largest absolute Gasteiger partial charge is 0.324 e. The summed E-state index contributed by atoms with van der Waals surface area (Å²) in [4.78, 5) is 22.6. The van der Waals surface area contributed by atoms with Gasteiger partial charge in [-0.3, -0.25) is 14.9 Å². The normalized spacial score (nSPS) is 11.5. The van der Waals surface area contributed by atoms with Crippen molar-refractivity contribution in [1.82, 2.24) is 4.31 Å². The minimum absolute atomic E-state index is 0.00646. The fourth-order valence-corrected chi connectivity index (χ4v) is 4.63. The average Bonchev–Trinajstić information content (AvgIpc) is 2.62. The number of amides is 1. The van der Waals surface area contributed by atoms with Crippen molar-refractivity contribution in [3.05, 3.63) is 62.1 Å². The number of carbonyl (C=O) groups excluding carboxylic acids is 1. The molecule has 0 aliphatic carbocycles. The Morgan fingerprint density at radius 3 is 2.54 bits per heavy atom. The summed E-state index contributed by atoms with van der Waals surface area (Å²) >= 11 is 11.9. The number of nitro groups is 1. The highest BCUT2D eigenvalue weighted by atomic mass is 35.5. The summed E-state index contributed by atoms with van der Waals surface area (Å²) in [6.07, 6.45) is 0. The van der Waals surface area contributed by atoms with Gasteiger partial charge in [0.1, 0.15) is 4.90 Å². The third kappa shape index (κ3) is 4.79. The SMILES string of the molecule is CCN(CC(=O)Nc1cccc([N+](=O)[O-])c1C)S(=O)(=O)c1cc(Cl)ccc1Cl. The standard InChI is InChI=1S/C17H17Cl2N3O5S/c1-3-21(28(26,27)16-9-12(18)7-8-13(16)19)10-17(23)20-14-5-4-6-15(11(14)2)22(24)25/h4-9H,3,10H2,1-2H3,(H,20,23). The molecule has 0 radical (unpaired) electrons. The second-order valence-electron chi connectivity index (χ2n) is 5.76. The van der Waals surface area contributed by atoms with Crippen molar-refractivity contribution in [3.8, 4) is 0 Å². The van der Waals surface area contributed by atoms with Crippen molar-refractivity contribution >= 4 is 50.5 Å². The highest BCUT2D eigenvalue weighted by molar-refractivity contribution is 7.89. The summed E-state index contributed by atoms with van der Waals surface area (Å²) in [6, 6.07) is 8.27. The molecule has 0 heterocycles. The van der Waals surface area contributed by atoms with Crippen molar-refractivity contribution in [2.75, 3.05) is 18.4 Å². The third-order valence-electron chi connectivity index (χ3n) is 3.96. The molecule has 150 valence electrons. The van der Waals surface area contributed by atoms with E-state index in [-0.39, 0.29) is 38.4 Å². The van der Waals surface area contributed by atoms with Gasteiger partial charge in [-0.25, -0.2) is 8.42 Å². The van der Waals surface area contributed by atoms with Crippen LogP contribution < -0.4 is 5.32 Å². The second kappa shape index (κ2) is 8.87. The zero-order valence-corrected chi connectivity index (χ0v) is 17.3. The van der Waals surface area contributed by atoms with Gasteiger partial charge in [-0.2, -0.15) is 4.31 Å². The molecular weight excluding hydrogens is 429 g/mol. The summed E-state index contributed by atoms with van der Waals surface area (Å²) in [5.41, 5.74) is 0.349. The first-order chi connectivity index (χ1) is 13.1. The Balaban J connectivity index is 2.25. The molecule has 2 rings (SSSR count). The Bertz CT molecular complexity index is 1030. The van der Waals surface area contributed by atoms with Gasteiger partial charge in [0.2, 0.25) is 15.9 Å². The lowest BCUT2D eigenvalue weighted by Gasteiger charge is -2.21. The molecule has 0 bridgehead atoms. The van der Waals surface area contributed by atoms with Gasteiger partial charge in [-0.15, -0.1) is 0 Å². The van der Waals surface area contributed by atoms with Crippen LogP contribution in [0, 0.1) is 17.0 Å². The number of sulfonamides is 1. The number of nitrogens with one attached hydrogen (secondary N) is 1. The number of rotatable bonds is 7. The number of nitrogens with zero attached hydrogens (tertiary/aromatic N) is 2. The van der Waals surface area contributed by atoms with E-state index in [0.29, 0.717) is 0 Å². The van der Waals surface area contributed by atoms with Gasteiger partial charge in [-0.05, 0) is 31.2 Å². The van der Waals surface area contributed by atoms with E-state index in [2.05, 4.69) is 5.32 Å². The van der Waals surface area contributed by atoms with Crippen LogP contribution in [0.15, 0.2) is 41.3 Å². The molecule has 0 atom stereocenters. The molecule has 1 N–H and O–H groups in total. The van der Waals surface area contributed by atoms with Crippen LogP contribution in [0.1, 0.15) is 12.5 Å². The summed E-state index contributed by atoms with van der Waals surface area (Å²) in [5.74, 6) is -0.646. The van der Waals surface area contributed by atoms with Gasteiger partial charge in [-0.1, -0.05) is 36.2 Å². The van der Waals surface area contributed by atoms with Crippen LogP contribution >= 0.6 is 23.2 Å². The van der Waals surface area contributed by atoms with Crippen molar-refractivity contribution in [3.63, 3.8) is 0 Å². The van der Waals surface area contributed by atoms with Crippen LogP contribution in [0.4, 0.5) is 11.4 Å². The van der Waals surface area contributed by atoms with Crippen LogP contribution in [0.5, 0.6) is 0 Å². The van der Waals surface area contributed by atoms with Crippen LogP contribution in [-0.2, 0) is 14.8 Å². The number of hydrogen-bond acceptors (Lipinski definition) is 5. The molecule has 0 unspecified atom stereocenters. The molecule has 2 aromatic carbocycles. The van der Waals surface area contributed by atoms with Crippen LogP contribution in [0.25, 0.3) is 0 Å². The number of nitro benzene ring substituents is 1. The van der Waals surface area contributed by atoms with Crippen LogP contribution in [0.2, 0.25) is 10.0 Å². The lowest BCUT2D eigenvalue weighted by Crippen LogP contribution is -2.38. The van der Waals surface area contributed by atoms with Crippen molar-refractivity contribution in [1.29, 1.82) is 0 Å². The Kier molecular flexibility index (Phi) is 7.00. The summed E-state index contributed by atoms with van der Waals surface area (Å²) < 4.78 is 26.6. The van der Waals surface area contributed by atoms with Crippen LogP contribution in [0.3, 0.4) is 0 Å². The summed E-state index contributed by atoms with van der Waals surface area (Å²) in [5, 5.41) is 13.7. The predicted molar refractivity (Wildman–Crippen MR) is 107 cm³/mol. The zero-order valence-electron chi connectivity index (χ0n) is 15.0. The topological polar surface area (TPSA) is 110 Å². The molecule has 0 aliphatic rings. The fourth-order valence-electron chi connectivity index (χ4n) is 2.49. The highest BCUT2D eigenvalue weighted by Gasteiger charge is 2.28. The van der Waals surface area contributed by atoms with Gasteiger partial charge in [0.15, 0.2) is 0 Å². The fraction of sp³-hybridized carbons (Fsp3) is 0.235. The first-order valence-corrected chi connectivity index (χ1v) is 10.3. The van der Waals surface area contributed by atoms with E-state index in [4.69, 9.17) is 23.2 Å². The highest BCUT2D eigenvalue weighted by Crippen LogP contribution is 2.28. The van der Waals surface area contributed by atoms with E-state index < -0.39 is 27.4 Å². The minimum atomic E-state index is -4.08. The van der Waals surface area contributed by atoms with E-state index in [1.807, 2.05) is 0 Å². The monoisotopic (exact) mass is 445 g/mol. The third-order valence-corrected chi connectivity index (χ3v) is 6.60. The van der Waals surface area contributed by atoms with E-state index in [0.717, 1.165) is 4.31 Å². The molecule has 28 heavy (non-hydrogen) atoms. The number of hydrogen-bond donors (Lipinski definition) is 1. The van der Waals surface area contributed by atoms with Crippen molar-refractivity contribution in [2.45, 2.75) is 18.7 Å². The maximum atomic E-state index is 12.8. The first kappa shape index (κ1) is 22.1. The van der Waals surface area contributed by atoms with Gasteiger partial charge in [0.05, 0.1) is 27.7 Å². The zero-order chi connectivity index (χ0) is 21.1. The van der Waals surface area contributed by atoms with E-state index >= 15 is 0 Å². The molecule has 0 spiro atoms. The number of benzene rings is 2. The van der Waals surface area contributed by atoms with E-state index in [1.165, 1.54) is 43.3 Å². The molecule has 8 nitrogen and oxygen atoms in total. The maximum absolute atomic E-state index is 12.8. The minimum Gasteiger partial charge on any atom is -0.324 e. The number of halogens is 2. The number of carbonyl (C=O) groups is 1. The molecule has 0 saturated heterocycles. The Morgan fingerprint density at radius 2 is 1.93 bits per heavy atom. The predicted octanol–water partition coefficient (Wildman–Crippen LogP) is 3.86. The lowest BCUT2D eigenvalue weighted by atomic mass is 10.1. The van der Waals surface area contributed by atoms with E-state index in [1.54, 1.807) is 6.92 Å². The van der Waals surface area contributed by atoms with Gasteiger partial charge in [0, 0.05) is 17.6 Å². The molecule has 11 heteroatoms. The summed E-state index contributed by atoms with van der Waals surface area (Å²) in [7, 11) is -4.08. The van der Waals surface area contributed by atoms with Gasteiger partial charge in [0.25, 0.3) is 5.69 Å². The molecule has 0 aromatic heterocycles. The van der Waals surface area contributed by atoms with Gasteiger partial charge < -0.3 is 5.32 Å². The smallest absolute Gasteiger partial charge is 0.274 e. The number of likely N-dealkylation sites (N-methyl/N-ethyl adjacent to an activating group) is 1. The Morgan fingerprint density at radius 1 is 1.25 bits per heavy atom. The first-order valence-electron chi connectivity index (χ1n) is 8.07. The molecule has 1 amide bonds. The molecule has 2 aromatic rings. The lowest BCUT2D eigenvalue weighted by molar-refractivity contribution is -0.385. The average molecular weight is 446 g/mol. The maximum Gasteiger partial charge on any atom is 0.274 e. The van der Waals surface area contributed by atoms with Crippen molar-refractivity contribution < 1.29 is 18.1 Å². The quantitative estimate of drug-likeness (QED) is 0.513. The van der Waals surface area contributed by atoms with Crippen molar-refractivity contribution in [2.24, 2.45) is 0 Å². The molecular formula is C17H17Cl2N3O5S. The molecule has 0 saturated carbocycles. The summed E-state index contributed by atoms with van der Waals surface area (Å²) in [6.45, 7) is 2.58. The van der Waals surface area contributed by atoms with Gasteiger partial charge >= 0.3 is 0 Å². The second-order valence-corrected chi connectivity index (χ2v) is 8.51.